The van der Waals surface area contributed by atoms with E-state index in [1.165, 1.54) is 7.11 Å². The lowest BCUT2D eigenvalue weighted by atomic mass is 10.2. The van der Waals surface area contributed by atoms with Gasteiger partial charge in [0.2, 0.25) is 0 Å². The van der Waals surface area contributed by atoms with Gasteiger partial charge in [-0.25, -0.2) is 0 Å². The van der Waals surface area contributed by atoms with E-state index in [0.717, 1.165) is 31.7 Å². The minimum absolute atomic E-state index is 0.112. The van der Waals surface area contributed by atoms with Gasteiger partial charge in [0.15, 0.2) is 0 Å². The minimum atomic E-state index is -0.149. The number of methoxy groups -OCH3 is 1. The predicted octanol–water partition coefficient (Wildman–Crippen LogP) is 2.36. The maximum atomic E-state index is 11.6. The molecule has 4 nitrogen and oxygen atoms in total. The zero-order chi connectivity index (χ0) is 13.7. The van der Waals surface area contributed by atoms with E-state index in [1.807, 2.05) is 12.1 Å². The first-order valence-electron chi connectivity index (χ1n) is 6.41. The number of ether oxygens (including phenoxy) is 2. The number of nitrogens with zero attached hydrogens (tertiary/aromatic N) is 1. The fraction of sp³-hybridized carbons (Fsp3) is 0.500. The van der Waals surface area contributed by atoms with E-state index in [9.17, 15) is 4.79 Å². The number of esters is 1. The molecule has 0 spiro atoms. The van der Waals surface area contributed by atoms with Gasteiger partial charge in [-0.3, -0.25) is 9.69 Å². The maximum absolute atomic E-state index is 11.6. The number of benzene rings is 1. The molecule has 1 heterocycles. The molecule has 1 unspecified atom stereocenters. The van der Waals surface area contributed by atoms with Gasteiger partial charge in [0.1, 0.15) is 18.4 Å². The monoisotopic (exact) mass is 283 g/mol. The van der Waals surface area contributed by atoms with Crippen molar-refractivity contribution in [3.8, 4) is 5.75 Å². The highest BCUT2D eigenvalue weighted by Crippen LogP contribution is 2.19. The lowest BCUT2D eigenvalue weighted by Crippen LogP contribution is -2.39. The van der Waals surface area contributed by atoms with E-state index in [0.29, 0.717) is 11.6 Å². The Morgan fingerprint density at radius 3 is 2.84 bits per heavy atom. The molecule has 0 radical (unpaired) electrons. The van der Waals surface area contributed by atoms with Crippen LogP contribution in [-0.2, 0) is 9.53 Å². The van der Waals surface area contributed by atoms with Crippen LogP contribution in [0.2, 0.25) is 5.02 Å². The molecule has 5 heteroatoms. The second-order valence-electron chi connectivity index (χ2n) is 4.52. The Kier molecular flexibility index (Phi) is 5.05. The van der Waals surface area contributed by atoms with Gasteiger partial charge in [0.05, 0.1) is 7.11 Å². The Hall–Kier alpha value is -1.26. The minimum Gasteiger partial charge on any atom is -0.492 e. The van der Waals surface area contributed by atoms with Crippen molar-refractivity contribution in [2.45, 2.75) is 18.9 Å². The smallest absolute Gasteiger partial charge is 0.323 e. The molecule has 1 saturated heterocycles. The molecule has 1 aromatic carbocycles. The zero-order valence-corrected chi connectivity index (χ0v) is 11.7. The summed E-state index contributed by atoms with van der Waals surface area (Å²) in [6.45, 7) is 2.20. The Labute approximate surface area is 118 Å². The number of carbonyl (C=O) groups excluding carboxylic acids is 1. The average Bonchev–Trinajstić information content (AvgIpc) is 2.88. The summed E-state index contributed by atoms with van der Waals surface area (Å²) in [7, 11) is 1.43. The number of rotatable bonds is 5. The lowest BCUT2D eigenvalue weighted by Gasteiger charge is -2.22. The van der Waals surface area contributed by atoms with Crippen molar-refractivity contribution < 1.29 is 14.3 Å². The summed E-state index contributed by atoms with van der Waals surface area (Å²) in [6.07, 6.45) is 1.90. The van der Waals surface area contributed by atoms with Crippen molar-refractivity contribution in [2.24, 2.45) is 0 Å². The van der Waals surface area contributed by atoms with Crippen molar-refractivity contribution in [1.29, 1.82) is 0 Å². The molecule has 1 aromatic rings. The van der Waals surface area contributed by atoms with Crippen molar-refractivity contribution in [3.63, 3.8) is 0 Å². The molecule has 19 heavy (non-hydrogen) atoms. The van der Waals surface area contributed by atoms with E-state index in [4.69, 9.17) is 21.1 Å². The summed E-state index contributed by atoms with van der Waals surface area (Å²) >= 11 is 5.80. The quantitative estimate of drug-likeness (QED) is 0.778. The van der Waals surface area contributed by atoms with Crippen LogP contribution in [0, 0.1) is 0 Å². The summed E-state index contributed by atoms with van der Waals surface area (Å²) in [5.41, 5.74) is 0. The third kappa shape index (κ3) is 3.85. The second-order valence-corrected chi connectivity index (χ2v) is 4.96. The van der Waals surface area contributed by atoms with E-state index in [1.54, 1.807) is 12.1 Å². The van der Waals surface area contributed by atoms with Gasteiger partial charge in [0.25, 0.3) is 0 Å². The van der Waals surface area contributed by atoms with Crippen LogP contribution >= 0.6 is 11.6 Å². The normalized spacial score (nSPS) is 19.4. The van der Waals surface area contributed by atoms with Crippen LogP contribution in [0.1, 0.15) is 12.8 Å². The standard InChI is InChI=1S/C14H18ClNO3/c1-18-14(17)13-3-2-8-16(13)9-10-19-12-6-4-11(15)5-7-12/h4-7,13H,2-3,8-10H2,1H3. The van der Waals surface area contributed by atoms with E-state index < -0.39 is 0 Å². The molecule has 0 bridgehead atoms. The third-order valence-electron chi connectivity index (χ3n) is 3.30. The number of hydrogen-bond acceptors (Lipinski definition) is 4. The first kappa shape index (κ1) is 14.2. The Morgan fingerprint density at radius 2 is 2.16 bits per heavy atom. The van der Waals surface area contributed by atoms with Gasteiger partial charge >= 0.3 is 5.97 Å². The molecule has 0 aliphatic carbocycles. The fourth-order valence-corrected chi connectivity index (χ4v) is 2.43. The molecule has 0 amide bonds. The average molecular weight is 284 g/mol. The van der Waals surface area contributed by atoms with Crippen LogP contribution in [0.25, 0.3) is 0 Å². The maximum Gasteiger partial charge on any atom is 0.323 e. The van der Waals surface area contributed by atoms with Gasteiger partial charge in [-0.1, -0.05) is 11.6 Å². The molecule has 1 aliphatic heterocycles. The van der Waals surface area contributed by atoms with E-state index in [-0.39, 0.29) is 12.0 Å². The first-order chi connectivity index (χ1) is 9.20. The molecule has 0 N–H and O–H groups in total. The summed E-state index contributed by atoms with van der Waals surface area (Å²) in [5, 5.41) is 0.692. The lowest BCUT2D eigenvalue weighted by molar-refractivity contribution is -0.145. The molecule has 0 aromatic heterocycles. The van der Waals surface area contributed by atoms with Crippen molar-refractivity contribution >= 4 is 17.6 Å². The Balaban J connectivity index is 1.78. The molecule has 2 rings (SSSR count). The zero-order valence-electron chi connectivity index (χ0n) is 11.0. The third-order valence-corrected chi connectivity index (χ3v) is 3.55. The largest absolute Gasteiger partial charge is 0.492 e. The Morgan fingerprint density at radius 1 is 1.42 bits per heavy atom. The highest BCUT2D eigenvalue weighted by molar-refractivity contribution is 6.30. The summed E-state index contributed by atoms with van der Waals surface area (Å²) in [5.74, 6) is 0.641. The topological polar surface area (TPSA) is 38.8 Å². The van der Waals surface area contributed by atoms with Crippen molar-refractivity contribution in [3.05, 3.63) is 29.3 Å². The first-order valence-corrected chi connectivity index (χ1v) is 6.79. The van der Waals surface area contributed by atoms with Crippen LogP contribution in [0.4, 0.5) is 0 Å². The van der Waals surface area contributed by atoms with Gasteiger partial charge < -0.3 is 9.47 Å². The molecular formula is C14H18ClNO3. The second kappa shape index (κ2) is 6.78. The summed E-state index contributed by atoms with van der Waals surface area (Å²) in [6, 6.07) is 7.15. The van der Waals surface area contributed by atoms with Crippen molar-refractivity contribution in [2.75, 3.05) is 26.8 Å². The summed E-state index contributed by atoms with van der Waals surface area (Å²) in [4.78, 5) is 13.7. The predicted molar refractivity (Wildman–Crippen MR) is 73.6 cm³/mol. The molecule has 1 aliphatic rings. The molecular weight excluding hydrogens is 266 g/mol. The van der Waals surface area contributed by atoms with Crippen LogP contribution in [0.5, 0.6) is 5.75 Å². The van der Waals surface area contributed by atoms with Crippen LogP contribution in [0.15, 0.2) is 24.3 Å². The number of halogens is 1. The number of carbonyl (C=O) groups is 1. The molecule has 0 saturated carbocycles. The highest BCUT2D eigenvalue weighted by atomic mass is 35.5. The highest BCUT2D eigenvalue weighted by Gasteiger charge is 2.30. The fourth-order valence-electron chi connectivity index (χ4n) is 2.31. The van der Waals surface area contributed by atoms with Gasteiger partial charge in [0, 0.05) is 11.6 Å². The van der Waals surface area contributed by atoms with Gasteiger partial charge in [-0.2, -0.15) is 0 Å². The van der Waals surface area contributed by atoms with E-state index >= 15 is 0 Å². The SMILES string of the molecule is COC(=O)C1CCCN1CCOc1ccc(Cl)cc1. The van der Waals surface area contributed by atoms with Crippen LogP contribution < -0.4 is 4.74 Å². The van der Waals surface area contributed by atoms with Gasteiger partial charge in [-0.15, -0.1) is 0 Å². The molecule has 104 valence electrons. The van der Waals surface area contributed by atoms with Crippen LogP contribution in [-0.4, -0.2) is 43.7 Å². The Bertz CT molecular complexity index is 421. The summed E-state index contributed by atoms with van der Waals surface area (Å²) < 4.78 is 10.4. The van der Waals surface area contributed by atoms with E-state index in [2.05, 4.69) is 4.90 Å². The van der Waals surface area contributed by atoms with Crippen LogP contribution in [0.3, 0.4) is 0 Å². The molecule has 1 atom stereocenters. The van der Waals surface area contributed by atoms with Gasteiger partial charge in [-0.05, 0) is 43.7 Å². The number of hydrogen-bond donors (Lipinski definition) is 0. The number of likely N-dealkylation sites (tertiary alicyclic amines) is 1. The van der Waals surface area contributed by atoms with Crippen molar-refractivity contribution in [1.82, 2.24) is 4.90 Å². The molecule has 1 fully saturated rings.